The summed E-state index contributed by atoms with van der Waals surface area (Å²) in [6.07, 6.45) is -3.87. The number of ether oxygens (including phenoxy) is 1. The van der Waals surface area contributed by atoms with Gasteiger partial charge in [0.25, 0.3) is 11.6 Å². The van der Waals surface area contributed by atoms with E-state index in [1.165, 1.54) is 0 Å². The summed E-state index contributed by atoms with van der Waals surface area (Å²) in [5, 5.41) is 16.6. The second-order valence-corrected chi connectivity index (χ2v) is 5.00. The summed E-state index contributed by atoms with van der Waals surface area (Å²) in [6, 6.07) is 2.74. The van der Waals surface area contributed by atoms with Gasteiger partial charge in [0, 0.05) is 18.7 Å². The minimum absolute atomic E-state index is 0.179. The standard InChI is InChI=1S/C13H14F3N3O4/c14-13(15,16)7-23-9-1-2-11(19(21)22)10(5-9)12(20)18-8-3-4-17-6-8/h1-2,5,8,17H,3-4,6-7H2,(H,18,20). The van der Waals surface area contributed by atoms with E-state index < -0.39 is 29.3 Å². The number of alkyl halides is 3. The van der Waals surface area contributed by atoms with Gasteiger partial charge in [-0.3, -0.25) is 14.9 Å². The molecular weight excluding hydrogens is 319 g/mol. The van der Waals surface area contributed by atoms with Gasteiger partial charge < -0.3 is 15.4 Å². The van der Waals surface area contributed by atoms with Gasteiger partial charge in [0.2, 0.25) is 0 Å². The van der Waals surface area contributed by atoms with E-state index in [1.807, 2.05) is 0 Å². The lowest BCUT2D eigenvalue weighted by atomic mass is 10.1. The largest absolute Gasteiger partial charge is 0.484 e. The van der Waals surface area contributed by atoms with E-state index in [0.717, 1.165) is 18.2 Å². The molecule has 0 aromatic heterocycles. The Morgan fingerprint density at radius 3 is 2.78 bits per heavy atom. The molecule has 2 N–H and O–H groups in total. The molecule has 1 aromatic rings. The second-order valence-electron chi connectivity index (χ2n) is 5.00. The van der Waals surface area contributed by atoms with E-state index in [9.17, 15) is 28.1 Å². The summed E-state index contributed by atoms with van der Waals surface area (Å²) in [4.78, 5) is 22.4. The van der Waals surface area contributed by atoms with Gasteiger partial charge in [0.15, 0.2) is 6.61 Å². The van der Waals surface area contributed by atoms with E-state index in [1.54, 1.807) is 0 Å². The van der Waals surface area contributed by atoms with Crippen LogP contribution in [0.2, 0.25) is 0 Å². The molecule has 1 aliphatic rings. The molecule has 0 radical (unpaired) electrons. The van der Waals surface area contributed by atoms with E-state index in [2.05, 4.69) is 15.4 Å². The van der Waals surface area contributed by atoms with Crippen molar-refractivity contribution in [3.05, 3.63) is 33.9 Å². The summed E-state index contributed by atoms with van der Waals surface area (Å²) in [6.45, 7) is -0.302. The molecular formula is C13H14F3N3O4. The maximum atomic E-state index is 12.2. The highest BCUT2D eigenvalue weighted by atomic mass is 19.4. The Bertz CT molecular complexity index is 601. The lowest BCUT2D eigenvalue weighted by Crippen LogP contribution is -2.36. The maximum absolute atomic E-state index is 12.2. The first kappa shape index (κ1) is 17.0. The van der Waals surface area contributed by atoms with Gasteiger partial charge in [-0.1, -0.05) is 0 Å². The van der Waals surface area contributed by atoms with Gasteiger partial charge in [0.1, 0.15) is 11.3 Å². The summed E-state index contributed by atoms with van der Waals surface area (Å²) < 4.78 is 41.0. The first-order valence-electron chi connectivity index (χ1n) is 6.76. The molecule has 0 saturated carbocycles. The molecule has 0 aliphatic carbocycles. The van der Waals surface area contributed by atoms with Gasteiger partial charge in [-0.2, -0.15) is 13.2 Å². The van der Waals surface area contributed by atoms with Crippen LogP contribution in [0.25, 0.3) is 0 Å². The van der Waals surface area contributed by atoms with Gasteiger partial charge in [-0.05, 0) is 25.1 Å². The number of carbonyl (C=O) groups excluding carboxylic acids is 1. The Morgan fingerprint density at radius 1 is 1.48 bits per heavy atom. The SMILES string of the molecule is O=C(NC1CCNC1)c1cc(OCC(F)(F)F)ccc1[N+](=O)[O-]. The number of hydrogen-bond donors (Lipinski definition) is 2. The number of benzene rings is 1. The predicted molar refractivity (Wildman–Crippen MR) is 73.4 cm³/mol. The van der Waals surface area contributed by atoms with Crippen LogP contribution in [0.3, 0.4) is 0 Å². The highest BCUT2D eigenvalue weighted by Crippen LogP contribution is 2.26. The normalized spacial score (nSPS) is 17.8. The Hall–Kier alpha value is -2.36. The highest BCUT2D eigenvalue weighted by molar-refractivity contribution is 5.98. The smallest absolute Gasteiger partial charge is 0.422 e. The highest BCUT2D eigenvalue weighted by Gasteiger charge is 2.29. The Kier molecular flexibility index (Phi) is 5.04. The maximum Gasteiger partial charge on any atom is 0.422 e. The zero-order chi connectivity index (χ0) is 17.0. The number of nitro groups is 1. The Labute approximate surface area is 129 Å². The van der Waals surface area contributed by atoms with E-state index >= 15 is 0 Å². The quantitative estimate of drug-likeness (QED) is 0.631. The number of hydrogen-bond acceptors (Lipinski definition) is 5. The molecule has 2 rings (SSSR count). The van der Waals surface area contributed by atoms with Crippen molar-refractivity contribution in [3.8, 4) is 5.75 Å². The third-order valence-electron chi connectivity index (χ3n) is 3.21. The fourth-order valence-electron chi connectivity index (χ4n) is 2.15. The molecule has 1 unspecified atom stereocenters. The first-order chi connectivity index (χ1) is 10.8. The number of nitrogens with one attached hydrogen (secondary N) is 2. The molecule has 1 amide bonds. The molecule has 1 heterocycles. The third-order valence-corrected chi connectivity index (χ3v) is 3.21. The van der Waals surface area contributed by atoms with Crippen LogP contribution < -0.4 is 15.4 Å². The van der Waals surface area contributed by atoms with E-state index in [-0.39, 0.29) is 17.4 Å². The van der Waals surface area contributed by atoms with Gasteiger partial charge in [0.05, 0.1) is 4.92 Å². The minimum atomic E-state index is -4.54. The molecule has 0 bridgehead atoms. The van der Waals surface area contributed by atoms with Crippen LogP contribution in [0.15, 0.2) is 18.2 Å². The summed E-state index contributed by atoms with van der Waals surface area (Å²) in [7, 11) is 0. The van der Waals surface area contributed by atoms with Crippen LogP contribution in [0.5, 0.6) is 5.75 Å². The number of nitro benzene ring substituents is 1. The minimum Gasteiger partial charge on any atom is -0.484 e. The van der Waals surface area contributed by atoms with E-state index in [0.29, 0.717) is 19.5 Å². The molecule has 126 valence electrons. The van der Waals surface area contributed by atoms with Crippen LogP contribution in [0, 0.1) is 10.1 Å². The Morgan fingerprint density at radius 2 is 2.22 bits per heavy atom. The molecule has 1 aliphatic heterocycles. The molecule has 10 heteroatoms. The first-order valence-corrected chi connectivity index (χ1v) is 6.76. The fraction of sp³-hybridized carbons (Fsp3) is 0.462. The van der Waals surface area contributed by atoms with Gasteiger partial charge in [-0.15, -0.1) is 0 Å². The summed E-state index contributed by atoms with van der Waals surface area (Å²) in [5.74, 6) is -0.981. The zero-order valence-electron chi connectivity index (χ0n) is 11.9. The molecule has 1 saturated heterocycles. The molecule has 0 spiro atoms. The predicted octanol–water partition coefficient (Wildman–Crippen LogP) is 1.63. The molecule has 1 aromatic carbocycles. The average molecular weight is 333 g/mol. The fourth-order valence-corrected chi connectivity index (χ4v) is 2.15. The topological polar surface area (TPSA) is 93.5 Å². The van der Waals surface area contributed by atoms with Gasteiger partial charge in [-0.25, -0.2) is 0 Å². The van der Waals surface area contributed by atoms with E-state index in [4.69, 9.17) is 0 Å². The second kappa shape index (κ2) is 6.82. The summed E-state index contributed by atoms with van der Waals surface area (Å²) in [5.41, 5.74) is -0.825. The van der Waals surface area contributed by atoms with Crippen molar-refractivity contribution in [2.24, 2.45) is 0 Å². The Balaban J connectivity index is 2.19. The molecule has 1 atom stereocenters. The third kappa shape index (κ3) is 4.81. The van der Waals surface area contributed by atoms with Crippen molar-refractivity contribution in [2.75, 3.05) is 19.7 Å². The monoisotopic (exact) mass is 333 g/mol. The van der Waals surface area contributed by atoms with Crippen LogP contribution in [0.4, 0.5) is 18.9 Å². The van der Waals surface area contributed by atoms with Crippen molar-refractivity contribution in [1.29, 1.82) is 0 Å². The van der Waals surface area contributed by atoms with Crippen molar-refractivity contribution in [1.82, 2.24) is 10.6 Å². The average Bonchev–Trinajstić information content (AvgIpc) is 2.96. The number of amides is 1. The number of halogens is 3. The van der Waals surface area contributed by atoms with Crippen LogP contribution in [0.1, 0.15) is 16.8 Å². The van der Waals surface area contributed by atoms with Crippen LogP contribution in [-0.2, 0) is 0 Å². The number of nitrogens with zero attached hydrogens (tertiary/aromatic N) is 1. The van der Waals surface area contributed by atoms with Crippen LogP contribution in [-0.4, -0.2) is 42.7 Å². The lowest BCUT2D eigenvalue weighted by molar-refractivity contribution is -0.385. The van der Waals surface area contributed by atoms with Crippen molar-refractivity contribution >= 4 is 11.6 Å². The number of carbonyl (C=O) groups is 1. The number of rotatable bonds is 5. The van der Waals surface area contributed by atoms with Gasteiger partial charge >= 0.3 is 6.18 Å². The van der Waals surface area contributed by atoms with Crippen molar-refractivity contribution in [2.45, 2.75) is 18.6 Å². The zero-order valence-corrected chi connectivity index (χ0v) is 11.9. The van der Waals surface area contributed by atoms with Crippen molar-refractivity contribution in [3.63, 3.8) is 0 Å². The molecule has 7 nitrogen and oxygen atoms in total. The molecule has 1 fully saturated rings. The molecule has 23 heavy (non-hydrogen) atoms. The lowest BCUT2D eigenvalue weighted by Gasteiger charge is -2.13. The summed E-state index contributed by atoms with van der Waals surface area (Å²) >= 11 is 0. The van der Waals surface area contributed by atoms with Crippen molar-refractivity contribution < 1.29 is 27.6 Å². The van der Waals surface area contributed by atoms with Crippen LogP contribution >= 0.6 is 0 Å².